The maximum Gasteiger partial charge on any atom is 0.338 e. The smallest absolute Gasteiger partial charge is 0.338 e. The fourth-order valence-corrected chi connectivity index (χ4v) is 4.36. The van der Waals surface area contributed by atoms with Crippen LogP contribution >= 0.6 is 0 Å². The Kier molecular flexibility index (Phi) is 13.9. The zero-order chi connectivity index (χ0) is 34.1. The minimum atomic E-state index is -0.527. The van der Waals surface area contributed by atoms with Gasteiger partial charge in [-0.15, -0.1) is 0 Å². The largest absolute Gasteiger partial charge is 0.460 e. The molecular weight excluding hydrogens is 616 g/mol. The fraction of sp³-hybridized carbons (Fsp3) is 0.263. The van der Waals surface area contributed by atoms with Crippen LogP contribution in [-0.2, 0) is 28.4 Å². The van der Waals surface area contributed by atoms with Crippen LogP contribution in [0.15, 0.2) is 109 Å². The van der Waals surface area contributed by atoms with E-state index in [9.17, 15) is 19.2 Å². The lowest BCUT2D eigenvalue weighted by Gasteiger charge is -2.18. The van der Waals surface area contributed by atoms with Gasteiger partial charge >= 0.3 is 23.9 Å². The number of esters is 4. The molecule has 250 valence electrons. The molecule has 0 radical (unpaired) electrons. The number of carbonyl (C=O) groups excluding carboxylic acids is 4. The summed E-state index contributed by atoms with van der Waals surface area (Å²) in [6, 6.07) is 31.1. The Labute approximate surface area is 279 Å². The molecule has 0 N–H and O–H groups in total. The molecule has 2 atom stereocenters. The summed E-state index contributed by atoms with van der Waals surface area (Å²) < 4.78 is 32.4. The van der Waals surface area contributed by atoms with Crippen LogP contribution in [0.2, 0.25) is 0 Å². The van der Waals surface area contributed by atoms with E-state index in [1.165, 1.54) is 0 Å². The van der Waals surface area contributed by atoms with Crippen molar-refractivity contribution in [2.75, 3.05) is 39.6 Å². The molecule has 4 rings (SSSR count). The molecule has 0 fully saturated rings. The predicted molar refractivity (Wildman–Crippen MR) is 177 cm³/mol. The Hall–Kier alpha value is -5.32. The van der Waals surface area contributed by atoms with Crippen molar-refractivity contribution in [2.24, 2.45) is 0 Å². The molecule has 0 saturated carbocycles. The molecule has 0 aliphatic rings. The lowest BCUT2D eigenvalue weighted by molar-refractivity contribution is -0.0380. The van der Waals surface area contributed by atoms with Gasteiger partial charge in [0.15, 0.2) is 0 Å². The van der Waals surface area contributed by atoms with Crippen LogP contribution in [-0.4, -0.2) is 75.7 Å². The summed E-state index contributed by atoms with van der Waals surface area (Å²) in [5.74, 6) is -1.92. The SMILES string of the molecule is CC(COC(=O)c1cccc(-c2cccc(C(=O)OCCOCCOC(=O)c3ccccc3)c2)c1)OCC(C)OC(=O)c1ccccc1. The number of hydrogen-bond donors (Lipinski definition) is 0. The van der Waals surface area contributed by atoms with E-state index in [1.54, 1.807) is 98.8 Å². The van der Waals surface area contributed by atoms with Gasteiger partial charge in [-0.25, -0.2) is 19.2 Å². The third-order valence-corrected chi connectivity index (χ3v) is 6.84. The van der Waals surface area contributed by atoms with Crippen LogP contribution < -0.4 is 0 Å². The summed E-state index contributed by atoms with van der Waals surface area (Å²) in [6.07, 6.45) is -0.919. The molecule has 0 heterocycles. The van der Waals surface area contributed by atoms with Gasteiger partial charge in [0.25, 0.3) is 0 Å². The molecular formula is C38H38O10. The van der Waals surface area contributed by atoms with Gasteiger partial charge in [0.2, 0.25) is 0 Å². The molecule has 0 aliphatic heterocycles. The normalized spacial score (nSPS) is 12.0. The van der Waals surface area contributed by atoms with Gasteiger partial charge in [-0.05, 0) is 73.5 Å². The van der Waals surface area contributed by atoms with E-state index in [0.29, 0.717) is 33.4 Å². The third-order valence-electron chi connectivity index (χ3n) is 6.84. The summed E-state index contributed by atoms with van der Waals surface area (Å²) in [5.41, 5.74) is 3.02. The second-order valence-corrected chi connectivity index (χ2v) is 10.7. The monoisotopic (exact) mass is 654 g/mol. The third kappa shape index (κ3) is 11.5. The van der Waals surface area contributed by atoms with E-state index in [1.807, 2.05) is 24.3 Å². The van der Waals surface area contributed by atoms with E-state index in [0.717, 1.165) is 0 Å². The molecule has 0 aromatic heterocycles. The molecule has 0 bridgehead atoms. The molecule has 0 spiro atoms. The molecule has 0 saturated heterocycles. The average molecular weight is 655 g/mol. The van der Waals surface area contributed by atoms with E-state index in [4.69, 9.17) is 28.4 Å². The highest BCUT2D eigenvalue weighted by molar-refractivity contribution is 5.93. The maximum absolute atomic E-state index is 12.8. The summed E-state index contributed by atoms with van der Waals surface area (Å²) in [5, 5.41) is 0. The molecule has 0 amide bonds. The zero-order valence-corrected chi connectivity index (χ0v) is 26.9. The van der Waals surface area contributed by atoms with Crippen molar-refractivity contribution in [2.45, 2.75) is 26.1 Å². The summed E-state index contributed by atoms with van der Waals surface area (Å²) in [6.45, 7) is 4.05. The fourth-order valence-electron chi connectivity index (χ4n) is 4.36. The second kappa shape index (κ2) is 18.7. The first-order valence-corrected chi connectivity index (χ1v) is 15.5. The van der Waals surface area contributed by atoms with Crippen molar-refractivity contribution >= 4 is 23.9 Å². The molecule has 10 nitrogen and oxygen atoms in total. The molecule has 48 heavy (non-hydrogen) atoms. The van der Waals surface area contributed by atoms with Crippen molar-refractivity contribution in [3.05, 3.63) is 131 Å². The van der Waals surface area contributed by atoms with Gasteiger partial charge in [0.05, 0.1) is 48.2 Å². The van der Waals surface area contributed by atoms with Crippen molar-refractivity contribution < 1.29 is 47.6 Å². The summed E-state index contributed by atoms with van der Waals surface area (Å²) >= 11 is 0. The number of carbonyl (C=O) groups is 4. The van der Waals surface area contributed by atoms with Gasteiger partial charge in [0, 0.05) is 0 Å². The molecule has 4 aromatic rings. The van der Waals surface area contributed by atoms with E-state index >= 15 is 0 Å². The predicted octanol–water partition coefficient (Wildman–Crippen LogP) is 6.19. The first-order chi connectivity index (χ1) is 23.3. The topological polar surface area (TPSA) is 124 Å². The Morgan fingerprint density at radius 1 is 0.479 bits per heavy atom. The van der Waals surface area contributed by atoms with Crippen molar-refractivity contribution in [3.8, 4) is 11.1 Å². The van der Waals surface area contributed by atoms with Crippen LogP contribution in [0, 0.1) is 0 Å². The summed E-state index contributed by atoms with van der Waals surface area (Å²) in [4.78, 5) is 49.6. The Balaban J connectivity index is 1.17. The number of benzene rings is 4. The van der Waals surface area contributed by atoms with Gasteiger partial charge in [0.1, 0.15) is 25.9 Å². The van der Waals surface area contributed by atoms with Crippen molar-refractivity contribution in [3.63, 3.8) is 0 Å². The molecule has 4 aromatic carbocycles. The Morgan fingerprint density at radius 2 is 0.938 bits per heavy atom. The van der Waals surface area contributed by atoms with Gasteiger partial charge in [-0.2, -0.15) is 0 Å². The van der Waals surface area contributed by atoms with Crippen LogP contribution in [0.3, 0.4) is 0 Å². The minimum absolute atomic E-state index is 0.00624. The zero-order valence-electron chi connectivity index (χ0n) is 26.9. The van der Waals surface area contributed by atoms with Crippen LogP contribution in [0.1, 0.15) is 55.3 Å². The van der Waals surface area contributed by atoms with E-state index in [-0.39, 0.29) is 39.6 Å². The highest BCUT2D eigenvalue weighted by Crippen LogP contribution is 2.22. The van der Waals surface area contributed by atoms with Crippen LogP contribution in [0.5, 0.6) is 0 Å². The van der Waals surface area contributed by atoms with E-state index in [2.05, 4.69) is 0 Å². The first-order valence-electron chi connectivity index (χ1n) is 15.5. The summed E-state index contributed by atoms with van der Waals surface area (Å²) in [7, 11) is 0. The van der Waals surface area contributed by atoms with Crippen LogP contribution in [0.25, 0.3) is 11.1 Å². The number of ether oxygens (including phenoxy) is 6. The molecule has 10 heteroatoms. The average Bonchev–Trinajstić information content (AvgIpc) is 3.13. The minimum Gasteiger partial charge on any atom is -0.460 e. The van der Waals surface area contributed by atoms with E-state index < -0.39 is 36.1 Å². The Bertz CT molecular complexity index is 1640. The Morgan fingerprint density at radius 3 is 1.48 bits per heavy atom. The second-order valence-electron chi connectivity index (χ2n) is 10.7. The van der Waals surface area contributed by atoms with Crippen molar-refractivity contribution in [1.82, 2.24) is 0 Å². The van der Waals surface area contributed by atoms with Crippen LogP contribution in [0.4, 0.5) is 0 Å². The number of hydrogen-bond acceptors (Lipinski definition) is 10. The number of rotatable bonds is 17. The van der Waals surface area contributed by atoms with Crippen molar-refractivity contribution in [1.29, 1.82) is 0 Å². The maximum atomic E-state index is 12.8. The van der Waals surface area contributed by atoms with Gasteiger partial charge in [-0.1, -0.05) is 60.7 Å². The van der Waals surface area contributed by atoms with Gasteiger partial charge in [-0.3, -0.25) is 0 Å². The highest BCUT2D eigenvalue weighted by atomic mass is 16.6. The molecule has 2 unspecified atom stereocenters. The van der Waals surface area contributed by atoms with Gasteiger partial charge < -0.3 is 28.4 Å². The molecule has 0 aliphatic carbocycles. The standard InChI is InChI=1S/C38H38O10/c1-27(46-26-28(2)48-38(42)30-13-7-4-8-14-30)25-47-37(41)34-18-10-16-32(24-34)31-15-9-17-33(23-31)36(40)45-22-20-43-19-21-44-35(39)29-11-5-3-6-12-29/h3-18,23-24,27-28H,19-22,25-26H2,1-2H3. The lowest BCUT2D eigenvalue weighted by Crippen LogP contribution is -2.26. The highest BCUT2D eigenvalue weighted by Gasteiger charge is 2.16. The first kappa shape index (κ1) is 35.5. The quantitative estimate of drug-likeness (QED) is 0.0740. The lowest BCUT2D eigenvalue weighted by atomic mass is 10.0.